The van der Waals surface area contributed by atoms with E-state index >= 15 is 0 Å². The zero-order valence-corrected chi connectivity index (χ0v) is 14.4. The fourth-order valence-electron chi connectivity index (χ4n) is 3.42. The quantitative estimate of drug-likeness (QED) is 0.746. The summed E-state index contributed by atoms with van der Waals surface area (Å²) in [5, 5.41) is 12.7. The third-order valence-electron chi connectivity index (χ3n) is 4.95. The lowest BCUT2D eigenvalue weighted by atomic mass is 9.84. The number of nitrogens with zero attached hydrogens (tertiary/aromatic N) is 3. The van der Waals surface area contributed by atoms with E-state index in [0.717, 1.165) is 11.4 Å². The van der Waals surface area contributed by atoms with E-state index < -0.39 is 11.4 Å². The number of piperidine rings is 1. The van der Waals surface area contributed by atoms with Gasteiger partial charge in [-0.3, -0.25) is 14.5 Å². The highest BCUT2D eigenvalue weighted by Gasteiger charge is 2.44. The van der Waals surface area contributed by atoms with E-state index in [0.29, 0.717) is 38.3 Å². The van der Waals surface area contributed by atoms with Crippen LogP contribution in [0, 0.1) is 0 Å². The minimum atomic E-state index is -0.588. The highest BCUT2D eigenvalue weighted by atomic mass is 16.5. The van der Waals surface area contributed by atoms with Gasteiger partial charge in [0, 0.05) is 20.1 Å². The van der Waals surface area contributed by atoms with Crippen molar-refractivity contribution in [2.45, 2.75) is 24.9 Å². The van der Waals surface area contributed by atoms with Crippen molar-refractivity contribution in [3.05, 3.63) is 36.0 Å². The van der Waals surface area contributed by atoms with Crippen molar-refractivity contribution in [3.8, 4) is 0 Å². The number of benzene rings is 1. The number of fused-ring (bicyclic) bond motifs is 1. The molecule has 0 aliphatic carbocycles. The molecule has 0 radical (unpaired) electrons. The normalized spacial score (nSPS) is 18.7. The van der Waals surface area contributed by atoms with Gasteiger partial charge < -0.3 is 20.5 Å². The van der Waals surface area contributed by atoms with Crippen molar-refractivity contribution in [1.82, 2.24) is 20.4 Å². The fourth-order valence-corrected chi connectivity index (χ4v) is 3.42. The number of amides is 2. The van der Waals surface area contributed by atoms with E-state index in [1.165, 1.54) is 7.05 Å². The first kappa shape index (κ1) is 16.5. The molecule has 2 aliphatic rings. The van der Waals surface area contributed by atoms with Crippen molar-refractivity contribution in [2.24, 2.45) is 0 Å². The van der Waals surface area contributed by atoms with E-state index in [2.05, 4.69) is 31.0 Å². The van der Waals surface area contributed by atoms with Crippen LogP contribution in [-0.4, -0.2) is 52.5 Å². The van der Waals surface area contributed by atoms with Crippen molar-refractivity contribution in [2.75, 3.05) is 30.8 Å². The summed E-state index contributed by atoms with van der Waals surface area (Å²) >= 11 is 0. The molecule has 1 fully saturated rings. The molecule has 2 amide bonds. The largest absolute Gasteiger partial charge is 0.369 e. The number of rotatable bonds is 3. The number of likely N-dealkylation sites (tertiary alicyclic amines) is 1. The van der Waals surface area contributed by atoms with Gasteiger partial charge >= 0.3 is 11.8 Å². The van der Waals surface area contributed by atoms with Gasteiger partial charge in [-0.2, -0.15) is 4.98 Å². The van der Waals surface area contributed by atoms with Crippen LogP contribution in [0.2, 0.25) is 0 Å². The molecule has 1 saturated heterocycles. The van der Waals surface area contributed by atoms with Gasteiger partial charge in [0.05, 0.1) is 17.9 Å². The van der Waals surface area contributed by atoms with Crippen molar-refractivity contribution < 1.29 is 14.1 Å². The van der Waals surface area contributed by atoms with Crippen molar-refractivity contribution in [1.29, 1.82) is 0 Å². The van der Waals surface area contributed by atoms with E-state index in [1.807, 2.05) is 24.3 Å². The Morgan fingerprint density at radius 3 is 2.77 bits per heavy atom. The first-order valence-electron chi connectivity index (χ1n) is 8.55. The maximum absolute atomic E-state index is 12.6. The molecule has 4 rings (SSSR count). The molecule has 9 nitrogen and oxygen atoms in total. The molecule has 3 heterocycles. The third-order valence-corrected chi connectivity index (χ3v) is 4.95. The number of carbonyl (C=O) groups excluding carboxylic acids is 2. The molecule has 1 spiro atoms. The summed E-state index contributed by atoms with van der Waals surface area (Å²) < 4.78 is 4.95. The third kappa shape index (κ3) is 2.90. The summed E-state index contributed by atoms with van der Waals surface area (Å²) in [5.41, 5.74) is 1.18. The van der Waals surface area contributed by atoms with E-state index in [4.69, 9.17) is 4.52 Å². The monoisotopic (exact) mass is 356 g/mol. The molecule has 1 aromatic carbocycles. The van der Waals surface area contributed by atoms with E-state index in [9.17, 15) is 9.59 Å². The van der Waals surface area contributed by atoms with Gasteiger partial charge in [0.1, 0.15) is 5.54 Å². The van der Waals surface area contributed by atoms with Gasteiger partial charge in [0.2, 0.25) is 5.91 Å². The lowest BCUT2D eigenvalue weighted by Crippen LogP contribution is -2.58. The van der Waals surface area contributed by atoms with Gasteiger partial charge in [0.15, 0.2) is 5.82 Å². The summed E-state index contributed by atoms with van der Waals surface area (Å²) in [4.78, 5) is 30.4. The van der Waals surface area contributed by atoms with Crippen LogP contribution in [0.5, 0.6) is 0 Å². The molecule has 0 saturated carbocycles. The molecular weight excluding hydrogens is 336 g/mol. The SMILES string of the molecule is CNC(=O)c1nc(CN2CCC3(CC2)Nc2ccccc2NC3=O)no1. The highest BCUT2D eigenvalue weighted by molar-refractivity contribution is 6.06. The Morgan fingerprint density at radius 2 is 2.04 bits per heavy atom. The van der Waals surface area contributed by atoms with E-state index in [-0.39, 0.29) is 11.8 Å². The summed E-state index contributed by atoms with van der Waals surface area (Å²) in [6, 6.07) is 7.72. The number of carbonyl (C=O) groups is 2. The Morgan fingerprint density at radius 1 is 1.31 bits per heavy atom. The maximum atomic E-state index is 12.6. The van der Waals surface area contributed by atoms with Gasteiger partial charge in [0.25, 0.3) is 0 Å². The highest BCUT2D eigenvalue weighted by Crippen LogP contribution is 2.36. The van der Waals surface area contributed by atoms with Gasteiger partial charge in [-0.1, -0.05) is 17.3 Å². The fraction of sp³-hybridized carbons (Fsp3) is 0.412. The average molecular weight is 356 g/mol. The maximum Gasteiger partial charge on any atom is 0.315 e. The molecule has 2 aliphatic heterocycles. The Bertz CT molecular complexity index is 841. The van der Waals surface area contributed by atoms with Crippen LogP contribution in [0.3, 0.4) is 0 Å². The molecule has 2 aromatic rings. The Hall–Kier alpha value is -2.94. The minimum absolute atomic E-state index is 0.0114. The molecule has 0 atom stereocenters. The van der Waals surface area contributed by atoms with Gasteiger partial charge in [-0.05, 0) is 25.0 Å². The van der Waals surface area contributed by atoms with Crippen LogP contribution in [0.25, 0.3) is 0 Å². The number of nitrogens with one attached hydrogen (secondary N) is 3. The molecular formula is C17H20N6O3. The standard InChI is InChI=1S/C17H20N6O3/c1-18-14(24)15-20-13(22-26-15)10-23-8-6-17(7-9-23)16(25)19-11-4-2-3-5-12(11)21-17/h2-5,21H,6-10H2,1H3,(H,18,24)(H,19,25). The lowest BCUT2D eigenvalue weighted by molar-refractivity contribution is -0.122. The minimum Gasteiger partial charge on any atom is -0.369 e. The Labute approximate surface area is 150 Å². The molecule has 0 unspecified atom stereocenters. The number of para-hydroxylation sites is 2. The van der Waals surface area contributed by atoms with Gasteiger partial charge in [-0.15, -0.1) is 0 Å². The zero-order chi connectivity index (χ0) is 18.1. The van der Waals surface area contributed by atoms with Crippen LogP contribution in [0.1, 0.15) is 29.4 Å². The smallest absolute Gasteiger partial charge is 0.315 e. The topological polar surface area (TPSA) is 112 Å². The van der Waals surface area contributed by atoms with Crippen molar-refractivity contribution >= 4 is 23.2 Å². The zero-order valence-electron chi connectivity index (χ0n) is 14.4. The van der Waals surface area contributed by atoms with Crippen molar-refractivity contribution in [3.63, 3.8) is 0 Å². The van der Waals surface area contributed by atoms with Crippen LogP contribution in [0.4, 0.5) is 11.4 Å². The van der Waals surface area contributed by atoms with Crippen LogP contribution in [-0.2, 0) is 11.3 Å². The van der Waals surface area contributed by atoms with E-state index in [1.54, 1.807) is 0 Å². The average Bonchev–Trinajstić information content (AvgIpc) is 3.12. The number of anilines is 2. The van der Waals surface area contributed by atoms with Crippen LogP contribution >= 0.6 is 0 Å². The lowest BCUT2D eigenvalue weighted by Gasteiger charge is -2.44. The number of hydrogen-bond donors (Lipinski definition) is 3. The number of aromatic nitrogens is 2. The first-order valence-corrected chi connectivity index (χ1v) is 8.55. The summed E-state index contributed by atoms with van der Waals surface area (Å²) in [6.07, 6.45) is 1.35. The Kier molecular flexibility index (Phi) is 4.08. The molecule has 136 valence electrons. The molecule has 26 heavy (non-hydrogen) atoms. The predicted molar refractivity (Wildman–Crippen MR) is 93.6 cm³/mol. The summed E-state index contributed by atoms with van der Waals surface area (Å²) in [6.45, 7) is 1.91. The van der Waals surface area contributed by atoms with Gasteiger partial charge in [-0.25, -0.2) is 0 Å². The molecule has 1 aromatic heterocycles. The first-order chi connectivity index (χ1) is 12.6. The second-order valence-electron chi connectivity index (χ2n) is 6.58. The molecule has 9 heteroatoms. The summed E-state index contributed by atoms with van der Waals surface area (Å²) in [7, 11) is 1.51. The number of hydrogen-bond acceptors (Lipinski definition) is 7. The summed E-state index contributed by atoms with van der Waals surface area (Å²) in [5.74, 6) is 0.0345. The molecule has 3 N–H and O–H groups in total. The Balaban J connectivity index is 1.40. The second-order valence-corrected chi connectivity index (χ2v) is 6.58. The molecule has 0 bridgehead atoms. The van der Waals surface area contributed by atoms with Crippen LogP contribution < -0.4 is 16.0 Å². The van der Waals surface area contributed by atoms with Crippen LogP contribution in [0.15, 0.2) is 28.8 Å². The predicted octanol–water partition coefficient (Wildman–Crippen LogP) is 0.828. The second kappa shape index (κ2) is 6.41.